The molecule has 1 aromatic carbocycles. The number of benzene rings is 1. The monoisotopic (exact) mass is 340 g/mol. The predicted octanol–water partition coefficient (Wildman–Crippen LogP) is 2.01. The van der Waals surface area contributed by atoms with Crippen molar-refractivity contribution in [1.29, 1.82) is 0 Å². The molecular formula is C19H24N4O2. The molecule has 1 N–H and O–H groups in total. The highest BCUT2D eigenvalue weighted by Crippen LogP contribution is 2.32. The Morgan fingerprint density at radius 1 is 1.20 bits per heavy atom. The number of amides is 1. The van der Waals surface area contributed by atoms with Gasteiger partial charge in [-0.3, -0.25) is 14.7 Å². The van der Waals surface area contributed by atoms with Crippen molar-refractivity contribution in [1.82, 2.24) is 20.0 Å². The first-order valence-corrected chi connectivity index (χ1v) is 9.21. The Hall–Kier alpha value is -2.21. The van der Waals surface area contributed by atoms with Gasteiger partial charge in [-0.25, -0.2) is 0 Å². The van der Waals surface area contributed by atoms with E-state index in [-0.39, 0.29) is 29.1 Å². The fourth-order valence-corrected chi connectivity index (χ4v) is 3.84. The average Bonchev–Trinajstić information content (AvgIpc) is 3.48. The minimum atomic E-state index is -0.268. The number of carbonyl (C=O) groups excluding carboxylic acids is 1. The van der Waals surface area contributed by atoms with Crippen LogP contribution in [-0.2, 0) is 0 Å². The second-order valence-corrected chi connectivity index (χ2v) is 7.06. The van der Waals surface area contributed by atoms with Crippen LogP contribution in [0.15, 0.2) is 29.1 Å². The maximum Gasteiger partial charge on any atom is 0.278 e. The quantitative estimate of drug-likeness (QED) is 0.924. The maximum atomic E-state index is 13.2. The normalized spacial score (nSPS) is 19.2. The van der Waals surface area contributed by atoms with Gasteiger partial charge in [-0.05, 0) is 44.4 Å². The van der Waals surface area contributed by atoms with Gasteiger partial charge in [-0.15, -0.1) is 0 Å². The number of aromatic amines is 1. The molecule has 1 saturated heterocycles. The molecule has 0 unspecified atom stereocenters. The average molecular weight is 340 g/mol. The molecule has 1 saturated carbocycles. The zero-order valence-electron chi connectivity index (χ0n) is 14.6. The largest absolute Gasteiger partial charge is 0.331 e. The minimum absolute atomic E-state index is 0.0310. The van der Waals surface area contributed by atoms with E-state index in [1.165, 1.54) is 0 Å². The molecule has 132 valence electrons. The van der Waals surface area contributed by atoms with Crippen molar-refractivity contribution in [2.45, 2.75) is 44.7 Å². The Balaban J connectivity index is 1.64. The molecule has 0 spiro atoms. The second-order valence-electron chi connectivity index (χ2n) is 7.06. The maximum absolute atomic E-state index is 13.2. The third-order valence-corrected chi connectivity index (χ3v) is 5.45. The summed E-state index contributed by atoms with van der Waals surface area (Å²) in [5.74, 6) is -0.204. The zero-order chi connectivity index (χ0) is 17.4. The smallest absolute Gasteiger partial charge is 0.278 e. The van der Waals surface area contributed by atoms with Crippen molar-refractivity contribution in [2.75, 3.05) is 19.6 Å². The number of H-pyrrole nitrogens is 1. The Labute approximate surface area is 146 Å². The second kappa shape index (κ2) is 6.59. The fraction of sp³-hybridized carbons (Fsp3) is 0.526. The van der Waals surface area contributed by atoms with Gasteiger partial charge in [0, 0.05) is 30.6 Å². The van der Waals surface area contributed by atoms with Gasteiger partial charge in [0.15, 0.2) is 5.69 Å². The first-order valence-electron chi connectivity index (χ1n) is 9.21. The lowest BCUT2D eigenvalue weighted by atomic mass is 10.0. The van der Waals surface area contributed by atoms with Crippen LogP contribution in [0.1, 0.15) is 43.1 Å². The number of rotatable bonds is 4. The molecule has 2 fully saturated rings. The lowest BCUT2D eigenvalue weighted by Gasteiger charge is -2.38. The Kier molecular flexibility index (Phi) is 4.29. The number of likely N-dealkylation sites (tertiary alicyclic amines) is 1. The number of hydrogen-bond donors (Lipinski definition) is 1. The van der Waals surface area contributed by atoms with Crippen molar-refractivity contribution >= 4 is 16.8 Å². The van der Waals surface area contributed by atoms with Crippen molar-refractivity contribution in [2.24, 2.45) is 0 Å². The van der Waals surface area contributed by atoms with Crippen LogP contribution in [-0.4, -0.2) is 57.6 Å². The van der Waals surface area contributed by atoms with Crippen molar-refractivity contribution in [3.63, 3.8) is 0 Å². The number of para-hydroxylation sites is 1. The van der Waals surface area contributed by atoms with E-state index in [0.29, 0.717) is 10.9 Å². The van der Waals surface area contributed by atoms with E-state index in [1.807, 2.05) is 17.0 Å². The van der Waals surface area contributed by atoms with Crippen LogP contribution in [0, 0.1) is 0 Å². The van der Waals surface area contributed by atoms with Gasteiger partial charge in [0.1, 0.15) is 0 Å². The first kappa shape index (κ1) is 16.3. The summed E-state index contributed by atoms with van der Waals surface area (Å²) in [4.78, 5) is 30.3. The number of nitrogens with one attached hydrogen (secondary N) is 1. The molecular weight excluding hydrogens is 316 g/mol. The van der Waals surface area contributed by atoms with Crippen molar-refractivity contribution in [3.05, 3.63) is 40.2 Å². The molecule has 0 atom stereocenters. The number of hydrogen-bond acceptors (Lipinski definition) is 4. The zero-order valence-corrected chi connectivity index (χ0v) is 14.6. The summed E-state index contributed by atoms with van der Waals surface area (Å²) in [5.41, 5.74) is 0.429. The molecule has 0 radical (unpaired) electrons. The van der Waals surface area contributed by atoms with E-state index < -0.39 is 0 Å². The van der Waals surface area contributed by atoms with Crippen LogP contribution in [0.2, 0.25) is 0 Å². The van der Waals surface area contributed by atoms with Gasteiger partial charge >= 0.3 is 0 Å². The number of nitrogens with zero attached hydrogens (tertiary/aromatic N) is 3. The van der Waals surface area contributed by atoms with Gasteiger partial charge in [0.2, 0.25) is 5.43 Å². The molecule has 25 heavy (non-hydrogen) atoms. The summed E-state index contributed by atoms with van der Waals surface area (Å²) in [6.07, 6.45) is 4.01. The summed E-state index contributed by atoms with van der Waals surface area (Å²) >= 11 is 0. The lowest BCUT2D eigenvalue weighted by molar-refractivity contribution is 0.0546. The molecule has 1 aromatic heterocycles. The van der Waals surface area contributed by atoms with Gasteiger partial charge < -0.3 is 9.80 Å². The van der Waals surface area contributed by atoms with Crippen LogP contribution >= 0.6 is 0 Å². The minimum Gasteiger partial charge on any atom is -0.331 e. The van der Waals surface area contributed by atoms with Gasteiger partial charge in [-0.1, -0.05) is 19.1 Å². The fourth-order valence-electron chi connectivity index (χ4n) is 3.84. The third-order valence-electron chi connectivity index (χ3n) is 5.45. The number of aromatic nitrogens is 2. The SMILES string of the molecule is CCN1CCC(N(C(=O)c2n[nH]c3ccccc3c2=O)C2CC2)CC1. The molecule has 1 amide bonds. The Morgan fingerprint density at radius 3 is 2.56 bits per heavy atom. The van der Waals surface area contributed by atoms with Crippen LogP contribution < -0.4 is 5.43 Å². The Bertz CT molecular complexity index is 835. The molecule has 1 aliphatic heterocycles. The highest BCUT2D eigenvalue weighted by molar-refractivity contribution is 5.95. The predicted molar refractivity (Wildman–Crippen MR) is 96.7 cm³/mol. The van der Waals surface area contributed by atoms with Gasteiger partial charge in [-0.2, -0.15) is 5.10 Å². The van der Waals surface area contributed by atoms with E-state index >= 15 is 0 Å². The van der Waals surface area contributed by atoms with E-state index in [9.17, 15) is 9.59 Å². The summed E-state index contributed by atoms with van der Waals surface area (Å²) < 4.78 is 0. The van der Waals surface area contributed by atoms with Crippen LogP contribution in [0.3, 0.4) is 0 Å². The topological polar surface area (TPSA) is 69.3 Å². The van der Waals surface area contributed by atoms with Crippen LogP contribution in [0.4, 0.5) is 0 Å². The highest BCUT2D eigenvalue weighted by Gasteiger charge is 2.40. The lowest BCUT2D eigenvalue weighted by Crippen LogP contribution is -2.49. The van der Waals surface area contributed by atoms with E-state index in [4.69, 9.17) is 0 Å². The summed E-state index contributed by atoms with van der Waals surface area (Å²) in [5, 5.41) is 7.52. The molecule has 2 aromatic rings. The number of piperidine rings is 1. The standard InChI is InChI=1S/C19H24N4O2/c1-2-22-11-9-14(10-12-22)23(13-7-8-13)19(25)17-18(24)15-5-3-4-6-16(15)20-21-17/h3-6,13-14H,2,7-12H2,1H3,(H,20,24). The van der Waals surface area contributed by atoms with E-state index in [0.717, 1.165) is 45.3 Å². The summed E-state index contributed by atoms with van der Waals surface area (Å²) in [7, 11) is 0. The van der Waals surface area contributed by atoms with Crippen molar-refractivity contribution < 1.29 is 4.79 Å². The van der Waals surface area contributed by atoms with Gasteiger partial charge in [0.05, 0.1) is 5.52 Å². The molecule has 2 heterocycles. The number of fused-ring (bicyclic) bond motifs is 1. The molecule has 4 rings (SSSR count). The van der Waals surface area contributed by atoms with E-state index in [2.05, 4.69) is 22.0 Å². The van der Waals surface area contributed by atoms with Crippen LogP contribution in [0.5, 0.6) is 0 Å². The molecule has 2 aliphatic rings. The van der Waals surface area contributed by atoms with Crippen LogP contribution in [0.25, 0.3) is 10.9 Å². The van der Waals surface area contributed by atoms with E-state index in [1.54, 1.807) is 12.1 Å². The highest BCUT2D eigenvalue weighted by atomic mass is 16.2. The summed E-state index contributed by atoms with van der Waals surface area (Å²) in [6, 6.07) is 7.70. The van der Waals surface area contributed by atoms with Crippen molar-refractivity contribution in [3.8, 4) is 0 Å². The molecule has 6 nitrogen and oxygen atoms in total. The number of carbonyl (C=O) groups is 1. The Morgan fingerprint density at radius 2 is 1.88 bits per heavy atom. The van der Waals surface area contributed by atoms with Gasteiger partial charge in [0.25, 0.3) is 5.91 Å². The third kappa shape index (κ3) is 3.06. The molecule has 6 heteroatoms. The first-order chi connectivity index (χ1) is 12.2. The molecule has 1 aliphatic carbocycles. The summed E-state index contributed by atoms with van der Waals surface area (Å²) in [6.45, 7) is 5.25. The molecule has 0 bridgehead atoms.